The molecule has 1 aliphatic carbocycles. The van der Waals surface area contributed by atoms with E-state index in [1.54, 1.807) is 0 Å². The molecule has 1 saturated carbocycles. The van der Waals surface area contributed by atoms with Crippen molar-refractivity contribution in [2.45, 2.75) is 45.6 Å². The lowest BCUT2D eigenvalue weighted by molar-refractivity contribution is -0.123. The summed E-state index contributed by atoms with van der Waals surface area (Å²) in [6.07, 6.45) is 2.68. The molecule has 0 aromatic heterocycles. The summed E-state index contributed by atoms with van der Waals surface area (Å²) in [5.41, 5.74) is 7.88. The largest absolute Gasteiger partial charge is 0.493 e. The van der Waals surface area contributed by atoms with Crippen LogP contribution >= 0.6 is 12.4 Å². The fourth-order valence-corrected chi connectivity index (χ4v) is 2.70. The van der Waals surface area contributed by atoms with Crippen molar-refractivity contribution >= 4 is 18.3 Å². The summed E-state index contributed by atoms with van der Waals surface area (Å²) >= 11 is 0. The second-order valence-electron chi connectivity index (χ2n) is 6.37. The van der Waals surface area contributed by atoms with Gasteiger partial charge in [-0.2, -0.15) is 0 Å². The molecule has 0 aliphatic heterocycles. The zero-order valence-electron chi connectivity index (χ0n) is 13.6. The molecule has 22 heavy (non-hydrogen) atoms. The smallest absolute Gasteiger partial charge is 0.223 e. The number of halogens is 1. The Kier molecular flexibility index (Phi) is 6.69. The molecule has 1 fully saturated rings. The molecule has 1 amide bonds. The molecule has 2 rings (SSSR count). The number of nitrogens with one attached hydrogen (secondary N) is 1. The van der Waals surface area contributed by atoms with E-state index >= 15 is 0 Å². The predicted molar refractivity (Wildman–Crippen MR) is 91.6 cm³/mol. The van der Waals surface area contributed by atoms with Gasteiger partial charge in [0.15, 0.2) is 0 Å². The highest BCUT2D eigenvalue weighted by Crippen LogP contribution is 2.38. The summed E-state index contributed by atoms with van der Waals surface area (Å²) in [5, 5.41) is 3.07. The first kappa shape index (κ1) is 18.8. The maximum absolute atomic E-state index is 12.0. The number of nitrogens with two attached hydrogens (primary N) is 1. The number of amides is 1. The number of aryl methyl sites for hydroxylation is 2. The highest BCUT2D eigenvalue weighted by Gasteiger charge is 2.41. The monoisotopic (exact) mass is 326 g/mol. The van der Waals surface area contributed by atoms with E-state index in [0.29, 0.717) is 25.5 Å². The fraction of sp³-hybridized carbons (Fsp3) is 0.588. The van der Waals surface area contributed by atoms with Crippen LogP contribution in [-0.4, -0.2) is 24.6 Å². The van der Waals surface area contributed by atoms with Gasteiger partial charge in [-0.1, -0.05) is 6.07 Å². The highest BCUT2D eigenvalue weighted by atomic mass is 35.5. The van der Waals surface area contributed by atoms with Crippen molar-refractivity contribution in [3.63, 3.8) is 0 Å². The van der Waals surface area contributed by atoms with E-state index in [4.69, 9.17) is 10.5 Å². The summed E-state index contributed by atoms with van der Waals surface area (Å²) < 4.78 is 5.67. The third kappa shape index (κ3) is 5.18. The van der Waals surface area contributed by atoms with Crippen LogP contribution in [0, 0.1) is 19.8 Å². The molecule has 1 atom stereocenters. The van der Waals surface area contributed by atoms with Crippen LogP contribution in [0.15, 0.2) is 18.2 Å². The Bertz CT molecular complexity index is 497. The van der Waals surface area contributed by atoms with Crippen molar-refractivity contribution in [3.8, 4) is 5.75 Å². The third-order valence-electron chi connectivity index (χ3n) is 4.12. The Morgan fingerprint density at radius 1 is 1.32 bits per heavy atom. The molecule has 0 heterocycles. The molecule has 1 unspecified atom stereocenters. The number of rotatable bonds is 7. The van der Waals surface area contributed by atoms with Gasteiger partial charge in [0.1, 0.15) is 5.75 Å². The van der Waals surface area contributed by atoms with Crippen LogP contribution in [0.3, 0.4) is 0 Å². The molecule has 0 radical (unpaired) electrons. The molecule has 5 heteroatoms. The predicted octanol–water partition coefficient (Wildman–Crippen LogP) is 2.74. The molecular formula is C17H27ClN2O2. The molecule has 1 aliphatic rings. The molecule has 124 valence electrons. The second-order valence-corrected chi connectivity index (χ2v) is 6.37. The SMILES string of the molecule is Cc1cc(C)cc(OCCC(=O)NC(C)(CN)C2CC2)c1.Cl. The number of carbonyl (C=O) groups excluding carboxylic acids is 1. The van der Waals surface area contributed by atoms with Gasteiger partial charge >= 0.3 is 0 Å². The van der Waals surface area contributed by atoms with Gasteiger partial charge in [0, 0.05) is 6.54 Å². The minimum atomic E-state index is -0.253. The van der Waals surface area contributed by atoms with Gasteiger partial charge in [-0.05, 0) is 62.8 Å². The van der Waals surface area contributed by atoms with E-state index in [2.05, 4.69) is 11.4 Å². The zero-order chi connectivity index (χ0) is 15.5. The van der Waals surface area contributed by atoms with Gasteiger partial charge in [0.25, 0.3) is 0 Å². The topological polar surface area (TPSA) is 64.3 Å². The minimum absolute atomic E-state index is 0. The van der Waals surface area contributed by atoms with Crippen molar-refractivity contribution in [1.82, 2.24) is 5.32 Å². The van der Waals surface area contributed by atoms with E-state index in [1.807, 2.05) is 32.9 Å². The van der Waals surface area contributed by atoms with Crippen molar-refractivity contribution in [2.75, 3.05) is 13.2 Å². The Labute approximate surface area is 139 Å². The maximum Gasteiger partial charge on any atom is 0.223 e. The highest BCUT2D eigenvalue weighted by molar-refractivity contribution is 5.85. The number of hydrogen-bond acceptors (Lipinski definition) is 3. The third-order valence-corrected chi connectivity index (χ3v) is 4.12. The van der Waals surface area contributed by atoms with Gasteiger partial charge < -0.3 is 15.8 Å². The lowest BCUT2D eigenvalue weighted by Crippen LogP contribution is -2.53. The Morgan fingerprint density at radius 3 is 2.41 bits per heavy atom. The Hall–Kier alpha value is -1.26. The Morgan fingerprint density at radius 2 is 1.91 bits per heavy atom. The van der Waals surface area contributed by atoms with E-state index < -0.39 is 0 Å². The van der Waals surface area contributed by atoms with E-state index in [-0.39, 0.29) is 23.9 Å². The van der Waals surface area contributed by atoms with Gasteiger partial charge in [-0.3, -0.25) is 4.79 Å². The zero-order valence-corrected chi connectivity index (χ0v) is 14.5. The average Bonchev–Trinajstić information content (AvgIpc) is 3.22. The number of hydrogen-bond donors (Lipinski definition) is 2. The van der Waals surface area contributed by atoms with Crippen LogP contribution in [0.25, 0.3) is 0 Å². The molecule has 3 N–H and O–H groups in total. The summed E-state index contributed by atoms with van der Waals surface area (Å²) in [5.74, 6) is 1.37. The van der Waals surface area contributed by atoms with Crippen molar-refractivity contribution < 1.29 is 9.53 Å². The normalized spacial score (nSPS) is 16.4. The van der Waals surface area contributed by atoms with Crippen LogP contribution in [0.2, 0.25) is 0 Å². The molecule has 0 saturated heterocycles. The lowest BCUT2D eigenvalue weighted by Gasteiger charge is -2.29. The Balaban J connectivity index is 0.00000242. The van der Waals surface area contributed by atoms with Gasteiger partial charge in [-0.25, -0.2) is 0 Å². The molecular weight excluding hydrogens is 300 g/mol. The van der Waals surface area contributed by atoms with Crippen molar-refractivity contribution in [1.29, 1.82) is 0 Å². The first-order valence-corrected chi connectivity index (χ1v) is 7.65. The molecule has 1 aromatic rings. The van der Waals surface area contributed by atoms with Gasteiger partial charge in [0.2, 0.25) is 5.91 Å². The van der Waals surface area contributed by atoms with E-state index in [0.717, 1.165) is 18.6 Å². The molecule has 1 aromatic carbocycles. The van der Waals surface area contributed by atoms with Gasteiger partial charge in [-0.15, -0.1) is 12.4 Å². The maximum atomic E-state index is 12.0. The van der Waals surface area contributed by atoms with E-state index in [1.165, 1.54) is 11.1 Å². The molecule has 4 nitrogen and oxygen atoms in total. The molecule has 0 spiro atoms. The van der Waals surface area contributed by atoms with Crippen LogP contribution in [0.1, 0.15) is 37.3 Å². The van der Waals surface area contributed by atoms with Crippen LogP contribution in [-0.2, 0) is 4.79 Å². The quantitative estimate of drug-likeness (QED) is 0.809. The number of benzene rings is 1. The van der Waals surface area contributed by atoms with Crippen molar-refractivity contribution in [2.24, 2.45) is 11.7 Å². The summed E-state index contributed by atoms with van der Waals surface area (Å²) in [6.45, 7) is 6.98. The van der Waals surface area contributed by atoms with Crippen LogP contribution in [0.4, 0.5) is 0 Å². The van der Waals surface area contributed by atoms with Crippen LogP contribution in [0.5, 0.6) is 5.75 Å². The van der Waals surface area contributed by atoms with Crippen molar-refractivity contribution in [3.05, 3.63) is 29.3 Å². The first-order chi connectivity index (χ1) is 9.93. The first-order valence-electron chi connectivity index (χ1n) is 7.65. The summed E-state index contributed by atoms with van der Waals surface area (Å²) in [4.78, 5) is 12.0. The summed E-state index contributed by atoms with van der Waals surface area (Å²) in [6, 6.07) is 6.07. The number of ether oxygens (including phenoxy) is 1. The van der Waals surface area contributed by atoms with E-state index in [9.17, 15) is 4.79 Å². The summed E-state index contributed by atoms with van der Waals surface area (Å²) in [7, 11) is 0. The second kappa shape index (κ2) is 7.84. The minimum Gasteiger partial charge on any atom is -0.493 e. The molecule has 0 bridgehead atoms. The average molecular weight is 327 g/mol. The van der Waals surface area contributed by atoms with Gasteiger partial charge in [0.05, 0.1) is 18.6 Å². The van der Waals surface area contributed by atoms with Crippen LogP contribution < -0.4 is 15.8 Å². The number of carbonyl (C=O) groups is 1. The lowest BCUT2D eigenvalue weighted by atomic mass is 9.96. The fourth-order valence-electron chi connectivity index (χ4n) is 2.70. The standard InChI is InChI=1S/C17H26N2O2.ClH/c1-12-8-13(2)10-15(9-12)21-7-6-16(20)19-17(3,11-18)14-4-5-14;/h8-10,14H,4-7,11,18H2,1-3H3,(H,19,20);1H.